The van der Waals surface area contributed by atoms with E-state index in [1.165, 1.54) is 22.3 Å². The van der Waals surface area contributed by atoms with Gasteiger partial charge in [-0.2, -0.15) is 0 Å². The summed E-state index contributed by atoms with van der Waals surface area (Å²) in [6.07, 6.45) is 0.870. The molecule has 0 atom stereocenters. The molecule has 0 aliphatic carbocycles. The summed E-state index contributed by atoms with van der Waals surface area (Å²) in [5.41, 5.74) is 5.24. The van der Waals surface area contributed by atoms with E-state index in [1.807, 2.05) is 23.0 Å². The maximum Gasteiger partial charge on any atom is 0.192 e. The molecule has 0 saturated heterocycles. The topological polar surface area (TPSA) is 33.6 Å². The van der Waals surface area contributed by atoms with Gasteiger partial charge in [-0.25, -0.2) is 0 Å². The van der Waals surface area contributed by atoms with Crippen LogP contribution in [0.1, 0.15) is 43.0 Å². The number of halogens is 1. The molecular formula is C16H23IN2O. The Labute approximate surface area is 135 Å². The number of hydrogen-bond donors (Lipinski definition) is 1. The van der Waals surface area contributed by atoms with E-state index in [0.717, 1.165) is 31.1 Å². The molecule has 0 radical (unpaired) electrons. The van der Waals surface area contributed by atoms with E-state index < -0.39 is 0 Å². The molecule has 2 rings (SSSR count). The van der Waals surface area contributed by atoms with E-state index in [9.17, 15) is 0 Å². The predicted molar refractivity (Wildman–Crippen MR) is 93.3 cm³/mol. The molecule has 1 aromatic rings. The van der Waals surface area contributed by atoms with Crippen LogP contribution in [-0.2, 0) is 11.8 Å². The Bertz CT molecular complexity index is 544. The molecule has 0 aromatic heterocycles. The average molecular weight is 386 g/mol. The quantitative estimate of drug-likeness (QED) is 0.801. The highest BCUT2D eigenvalue weighted by Crippen LogP contribution is 2.38. The fraction of sp³-hybridized carbons (Fsp3) is 0.562. The molecule has 0 unspecified atom stereocenters. The van der Waals surface area contributed by atoms with Crippen molar-refractivity contribution in [2.45, 2.75) is 46.5 Å². The fourth-order valence-electron chi connectivity index (χ4n) is 2.67. The monoisotopic (exact) mass is 386 g/mol. The summed E-state index contributed by atoms with van der Waals surface area (Å²) in [7, 11) is 0. The molecule has 0 saturated carbocycles. The third kappa shape index (κ3) is 3.10. The Kier molecular flexibility index (Phi) is 4.62. The molecular weight excluding hydrogens is 363 g/mol. The molecule has 1 N–H and O–H groups in total. The Hall–Kier alpha value is -0.780. The first-order valence-electron chi connectivity index (χ1n) is 7.04. The Morgan fingerprint density at radius 1 is 1.35 bits per heavy atom. The molecule has 1 aromatic carbocycles. The van der Waals surface area contributed by atoms with E-state index >= 15 is 0 Å². The van der Waals surface area contributed by atoms with Gasteiger partial charge in [0.25, 0.3) is 0 Å². The van der Waals surface area contributed by atoms with Crippen molar-refractivity contribution in [1.29, 1.82) is 0 Å². The second-order valence-electron chi connectivity index (χ2n) is 6.43. The molecule has 110 valence electrons. The molecule has 0 bridgehead atoms. The van der Waals surface area contributed by atoms with Crippen LogP contribution >= 0.6 is 23.0 Å². The highest BCUT2D eigenvalue weighted by atomic mass is 127. The number of aryl methyl sites for hydroxylation is 1. The molecule has 3 nitrogen and oxygen atoms in total. The van der Waals surface area contributed by atoms with Crippen molar-refractivity contribution in [2.75, 3.05) is 13.1 Å². The van der Waals surface area contributed by atoms with Gasteiger partial charge in [0.05, 0.1) is 6.54 Å². The van der Waals surface area contributed by atoms with Gasteiger partial charge in [-0.3, -0.25) is 4.99 Å². The largest absolute Gasteiger partial charge is 0.427 e. The average Bonchev–Trinajstić information content (AvgIpc) is 2.85. The molecule has 0 fully saturated rings. The normalized spacial score (nSPS) is 15.0. The highest BCUT2D eigenvalue weighted by Gasteiger charge is 2.24. The number of hydrogen-bond acceptors (Lipinski definition) is 3. The summed E-state index contributed by atoms with van der Waals surface area (Å²) in [6.45, 7) is 12.9. The number of nitrogens with one attached hydrogen (secondary N) is 1. The van der Waals surface area contributed by atoms with Gasteiger partial charge < -0.3 is 8.38 Å². The van der Waals surface area contributed by atoms with Crippen molar-refractivity contribution in [3.8, 4) is 5.75 Å². The van der Waals surface area contributed by atoms with Crippen molar-refractivity contribution in [3.05, 3.63) is 28.3 Å². The number of rotatable bonds is 3. The van der Waals surface area contributed by atoms with Crippen molar-refractivity contribution in [3.63, 3.8) is 0 Å². The van der Waals surface area contributed by atoms with Gasteiger partial charge in [-0.05, 0) is 36.0 Å². The molecule has 0 amide bonds. The summed E-state index contributed by atoms with van der Waals surface area (Å²) >= 11 is 1.99. The Morgan fingerprint density at radius 3 is 2.55 bits per heavy atom. The van der Waals surface area contributed by atoms with Gasteiger partial charge in [0.2, 0.25) is 0 Å². The van der Waals surface area contributed by atoms with Gasteiger partial charge in [-0.15, -0.1) is 0 Å². The van der Waals surface area contributed by atoms with Crippen LogP contribution in [0.25, 0.3) is 0 Å². The van der Waals surface area contributed by atoms with Crippen LogP contribution in [0.3, 0.4) is 0 Å². The van der Waals surface area contributed by atoms with Crippen LogP contribution in [0.4, 0.5) is 0 Å². The lowest BCUT2D eigenvalue weighted by atomic mass is 9.82. The van der Waals surface area contributed by atoms with E-state index in [4.69, 9.17) is 3.07 Å². The van der Waals surface area contributed by atoms with Gasteiger partial charge in [0, 0.05) is 18.5 Å². The van der Waals surface area contributed by atoms with Crippen molar-refractivity contribution < 1.29 is 3.07 Å². The standard InChI is InChI=1S/C16H23IN2O/c1-10-8-13(16(3,4)5)15(20-17)11(2)12(10)9-14-18-6-7-19-14/h8H,6-7,9H2,1-5H3,(H,18,19). The predicted octanol–water partition coefficient (Wildman–Crippen LogP) is 3.87. The van der Waals surface area contributed by atoms with Gasteiger partial charge >= 0.3 is 0 Å². The maximum absolute atomic E-state index is 5.67. The zero-order chi connectivity index (χ0) is 14.9. The van der Waals surface area contributed by atoms with Crippen molar-refractivity contribution in [1.82, 2.24) is 5.32 Å². The van der Waals surface area contributed by atoms with Crippen LogP contribution in [0.15, 0.2) is 11.1 Å². The lowest BCUT2D eigenvalue weighted by molar-refractivity contribution is 0.558. The lowest BCUT2D eigenvalue weighted by Gasteiger charge is -2.25. The molecule has 1 heterocycles. The van der Waals surface area contributed by atoms with Crippen molar-refractivity contribution >= 4 is 28.8 Å². The molecule has 1 aliphatic heterocycles. The van der Waals surface area contributed by atoms with Gasteiger partial charge in [-0.1, -0.05) is 26.8 Å². The first kappa shape index (κ1) is 15.6. The molecule has 1 aliphatic rings. The number of amidine groups is 1. The number of nitrogens with zero attached hydrogens (tertiary/aromatic N) is 1. The Morgan fingerprint density at radius 2 is 2.05 bits per heavy atom. The third-order valence-corrected chi connectivity index (χ3v) is 4.29. The number of benzene rings is 1. The summed E-state index contributed by atoms with van der Waals surface area (Å²) in [5.74, 6) is 2.11. The van der Waals surface area contributed by atoms with E-state index in [1.54, 1.807) is 0 Å². The molecule has 0 spiro atoms. The molecule has 4 heteroatoms. The first-order chi connectivity index (χ1) is 9.34. The summed E-state index contributed by atoms with van der Waals surface area (Å²) in [4.78, 5) is 4.50. The first-order valence-corrected chi connectivity index (χ1v) is 7.92. The second-order valence-corrected chi connectivity index (χ2v) is 6.87. The van der Waals surface area contributed by atoms with Crippen LogP contribution in [0, 0.1) is 13.8 Å². The van der Waals surface area contributed by atoms with Crippen LogP contribution in [-0.4, -0.2) is 18.9 Å². The third-order valence-electron chi connectivity index (χ3n) is 3.85. The summed E-state index contributed by atoms with van der Waals surface area (Å²) in [5, 5.41) is 3.35. The minimum atomic E-state index is 0.0810. The van der Waals surface area contributed by atoms with Crippen LogP contribution in [0.2, 0.25) is 0 Å². The van der Waals surface area contributed by atoms with Crippen LogP contribution in [0.5, 0.6) is 5.75 Å². The van der Waals surface area contributed by atoms with Gasteiger partial charge in [0.15, 0.2) is 23.0 Å². The smallest absolute Gasteiger partial charge is 0.192 e. The number of aliphatic imine (C=N–C) groups is 1. The lowest BCUT2D eigenvalue weighted by Crippen LogP contribution is -2.22. The van der Waals surface area contributed by atoms with Crippen molar-refractivity contribution in [2.24, 2.45) is 4.99 Å². The highest BCUT2D eigenvalue weighted by molar-refractivity contribution is 14.1. The maximum atomic E-state index is 5.67. The minimum absolute atomic E-state index is 0.0810. The zero-order valence-corrected chi connectivity index (χ0v) is 15.1. The fourth-order valence-corrected chi connectivity index (χ4v) is 3.23. The second kappa shape index (κ2) is 5.92. The van der Waals surface area contributed by atoms with Crippen LogP contribution < -0.4 is 8.38 Å². The van der Waals surface area contributed by atoms with E-state index in [0.29, 0.717) is 0 Å². The SMILES string of the molecule is Cc1cc(C(C)(C)C)c(OI)c(C)c1CC1=NCCN1. The zero-order valence-electron chi connectivity index (χ0n) is 12.9. The van der Waals surface area contributed by atoms with E-state index in [-0.39, 0.29) is 5.41 Å². The minimum Gasteiger partial charge on any atom is -0.427 e. The summed E-state index contributed by atoms with van der Waals surface area (Å²) < 4.78 is 5.67. The molecule has 20 heavy (non-hydrogen) atoms. The van der Waals surface area contributed by atoms with E-state index in [2.05, 4.69) is 51.0 Å². The Balaban J connectivity index is 2.48. The van der Waals surface area contributed by atoms with Gasteiger partial charge in [0.1, 0.15) is 11.6 Å². The summed E-state index contributed by atoms with van der Waals surface area (Å²) in [6, 6.07) is 2.27.